The second-order valence-corrected chi connectivity index (χ2v) is 8.89. The summed E-state index contributed by atoms with van der Waals surface area (Å²) in [6, 6.07) is 5.12. The highest BCUT2D eigenvalue weighted by molar-refractivity contribution is 7.86. The lowest BCUT2D eigenvalue weighted by Crippen LogP contribution is -2.49. The van der Waals surface area contributed by atoms with Crippen molar-refractivity contribution in [3.05, 3.63) is 23.8 Å². The van der Waals surface area contributed by atoms with Gasteiger partial charge in [0, 0.05) is 18.1 Å². The first-order valence-corrected chi connectivity index (χ1v) is 9.95. The summed E-state index contributed by atoms with van der Waals surface area (Å²) in [5, 5.41) is 2.97. The number of hydrogen-bond acceptors (Lipinski definition) is 5. The number of carbonyl (C=O) groups is 1. The maximum absolute atomic E-state index is 12.5. The molecule has 0 radical (unpaired) electrons. The van der Waals surface area contributed by atoms with Gasteiger partial charge in [0.2, 0.25) is 0 Å². The Labute approximate surface area is 149 Å². The molecule has 0 saturated heterocycles. The van der Waals surface area contributed by atoms with Gasteiger partial charge in [-0.25, -0.2) is 4.79 Å². The van der Waals surface area contributed by atoms with E-state index in [1.54, 1.807) is 23.1 Å². The fraction of sp³-hybridized carbons (Fsp3) is 0.588. The molecular weight excluding hydrogens is 344 g/mol. The fourth-order valence-corrected chi connectivity index (χ4v) is 2.85. The predicted octanol–water partition coefficient (Wildman–Crippen LogP) is 2.51. The highest BCUT2D eigenvalue weighted by Gasteiger charge is 2.34. The fourth-order valence-electron chi connectivity index (χ4n) is 2.39. The third-order valence-corrected chi connectivity index (χ3v) is 4.03. The normalized spacial score (nSPS) is 14.8. The summed E-state index contributed by atoms with van der Waals surface area (Å²) in [6.07, 6.45) is 2.92. The van der Waals surface area contributed by atoms with E-state index in [0.29, 0.717) is 12.3 Å². The van der Waals surface area contributed by atoms with Crippen LogP contribution in [0.15, 0.2) is 18.2 Å². The molecule has 0 bridgehead atoms. The highest BCUT2D eigenvalue weighted by atomic mass is 32.2. The largest absolute Gasteiger partial charge is 0.493 e. The van der Waals surface area contributed by atoms with Crippen molar-refractivity contribution in [3.8, 4) is 11.5 Å². The van der Waals surface area contributed by atoms with Crippen LogP contribution in [0.2, 0.25) is 0 Å². The van der Waals surface area contributed by atoms with Crippen molar-refractivity contribution in [3.63, 3.8) is 0 Å². The molecule has 1 saturated carbocycles. The minimum absolute atomic E-state index is 0.120. The summed E-state index contributed by atoms with van der Waals surface area (Å²) in [7, 11) is -2.23. The number of nitrogens with zero attached hydrogens (tertiary/aromatic N) is 1. The number of urea groups is 1. The van der Waals surface area contributed by atoms with Crippen LogP contribution in [-0.2, 0) is 16.7 Å². The van der Waals surface area contributed by atoms with Crippen LogP contribution in [0.1, 0.15) is 39.2 Å². The molecule has 0 atom stereocenters. The van der Waals surface area contributed by atoms with E-state index < -0.39 is 10.1 Å². The number of ether oxygens (including phenoxy) is 1. The van der Waals surface area contributed by atoms with E-state index in [-0.39, 0.29) is 23.4 Å². The van der Waals surface area contributed by atoms with E-state index in [9.17, 15) is 13.2 Å². The van der Waals surface area contributed by atoms with Crippen molar-refractivity contribution < 1.29 is 22.1 Å². The average Bonchev–Trinajstić information content (AvgIpc) is 3.25. The van der Waals surface area contributed by atoms with Crippen LogP contribution in [0.3, 0.4) is 0 Å². The first kappa shape index (κ1) is 19.4. The molecule has 1 aliphatic carbocycles. The molecule has 1 aromatic carbocycles. The number of nitrogens with one attached hydrogen (secondary N) is 1. The Hall–Kier alpha value is -1.96. The summed E-state index contributed by atoms with van der Waals surface area (Å²) in [4.78, 5) is 14.3. The Morgan fingerprint density at radius 1 is 1.28 bits per heavy atom. The molecular formula is C17H26N2O5S. The number of carbonyl (C=O) groups excluding carboxylic acids is 1. The molecule has 2 rings (SSSR count). The van der Waals surface area contributed by atoms with Crippen LogP contribution in [0.25, 0.3) is 0 Å². The third kappa shape index (κ3) is 6.12. The zero-order valence-electron chi connectivity index (χ0n) is 15.3. The van der Waals surface area contributed by atoms with E-state index in [1.165, 1.54) is 7.11 Å². The lowest BCUT2D eigenvalue weighted by Gasteiger charge is -2.28. The number of rotatable bonds is 6. The molecule has 1 fully saturated rings. The highest BCUT2D eigenvalue weighted by Crippen LogP contribution is 2.32. The van der Waals surface area contributed by atoms with Crippen LogP contribution in [-0.4, -0.2) is 44.3 Å². The van der Waals surface area contributed by atoms with Crippen molar-refractivity contribution in [2.75, 3.05) is 13.4 Å². The molecule has 140 valence electrons. The number of hydrogen-bond donors (Lipinski definition) is 1. The average molecular weight is 370 g/mol. The van der Waals surface area contributed by atoms with Gasteiger partial charge in [0.05, 0.1) is 13.4 Å². The molecule has 1 N–H and O–H groups in total. The molecule has 1 aromatic rings. The maximum atomic E-state index is 12.5. The topological polar surface area (TPSA) is 84.9 Å². The number of methoxy groups -OCH3 is 1. The molecule has 25 heavy (non-hydrogen) atoms. The minimum atomic E-state index is -3.67. The van der Waals surface area contributed by atoms with Crippen molar-refractivity contribution in [1.29, 1.82) is 0 Å². The zero-order valence-corrected chi connectivity index (χ0v) is 16.1. The quantitative estimate of drug-likeness (QED) is 0.778. The van der Waals surface area contributed by atoms with Gasteiger partial charge in [-0.3, -0.25) is 0 Å². The van der Waals surface area contributed by atoms with Gasteiger partial charge >= 0.3 is 16.1 Å². The van der Waals surface area contributed by atoms with E-state index >= 15 is 0 Å². The van der Waals surface area contributed by atoms with E-state index in [2.05, 4.69) is 5.32 Å². The van der Waals surface area contributed by atoms with Crippen molar-refractivity contribution in [1.82, 2.24) is 10.2 Å². The SMILES string of the molecule is COc1ccc(CN(C(=O)NC(C)(C)C)C2CC2)cc1OS(C)(=O)=O. The molecule has 1 aliphatic rings. The molecule has 7 nitrogen and oxygen atoms in total. The Morgan fingerprint density at radius 3 is 2.40 bits per heavy atom. The van der Waals surface area contributed by atoms with Crippen LogP contribution in [0.4, 0.5) is 4.79 Å². The Morgan fingerprint density at radius 2 is 1.92 bits per heavy atom. The molecule has 0 unspecified atom stereocenters. The van der Waals surface area contributed by atoms with Crippen LogP contribution in [0, 0.1) is 0 Å². The van der Waals surface area contributed by atoms with Crippen LogP contribution >= 0.6 is 0 Å². The van der Waals surface area contributed by atoms with Gasteiger partial charge in [-0.1, -0.05) is 6.07 Å². The maximum Gasteiger partial charge on any atom is 0.318 e. The standard InChI is InChI=1S/C17H26N2O5S/c1-17(2,3)18-16(20)19(13-7-8-13)11-12-6-9-14(23-4)15(10-12)24-25(5,21)22/h6,9-10,13H,7-8,11H2,1-5H3,(H,18,20). The van der Waals surface area contributed by atoms with Gasteiger partial charge in [-0.15, -0.1) is 0 Å². The van der Waals surface area contributed by atoms with Crippen molar-refractivity contribution in [2.24, 2.45) is 0 Å². The predicted molar refractivity (Wildman–Crippen MR) is 95.3 cm³/mol. The molecule has 0 heterocycles. The number of amides is 2. The smallest absolute Gasteiger partial charge is 0.318 e. The van der Waals surface area contributed by atoms with E-state index in [0.717, 1.165) is 24.7 Å². The lowest BCUT2D eigenvalue weighted by molar-refractivity contribution is 0.182. The third-order valence-electron chi connectivity index (χ3n) is 3.55. The first-order valence-electron chi connectivity index (χ1n) is 8.13. The summed E-state index contributed by atoms with van der Waals surface area (Å²) in [5.41, 5.74) is 0.449. The molecule has 0 aromatic heterocycles. The van der Waals surface area contributed by atoms with Gasteiger partial charge in [0.1, 0.15) is 0 Å². The molecule has 2 amide bonds. The second kappa shape index (κ2) is 7.11. The molecule has 0 aliphatic heterocycles. The van der Waals surface area contributed by atoms with Crippen molar-refractivity contribution in [2.45, 2.75) is 51.7 Å². The number of benzene rings is 1. The molecule has 8 heteroatoms. The van der Waals surface area contributed by atoms with Gasteiger partial charge in [0.25, 0.3) is 0 Å². The van der Waals surface area contributed by atoms with Gasteiger partial charge in [-0.2, -0.15) is 8.42 Å². The summed E-state index contributed by atoms with van der Waals surface area (Å²) >= 11 is 0. The Kier molecular flexibility index (Phi) is 5.51. The monoisotopic (exact) mass is 370 g/mol. The van der Waals surface area contributed by atoms with Crippen molar-refractivity contribution >= 4 is 16.1 Å². The van der Waals surface area contributed by atoms with Crippen LogP contribution in [0.5, 0.6) is 11.5 Å². The summed E-state index contributed by atoms with van der Waals surface area (Å²) in [6.45, 7) is 6.17. The zero-order chi connectivity index (χ0) is 18.8. The Bertz CT molecular complexity index is 736. The summed E-state index contributed by atoms with van der Waals surface area (Å²) < 4.78 is 33.0. The Balaban J connectivity index is 2.22. The molecule has 0 spiro atoms. The van der Waals surface area contributed by atoms with Crippen LogP contribution < -0.4 is 14.2 Å². The second-order valence-electron chi connectivity index (χ2n) is 7.31. The van der Waals surface area contributed by atoms with Gasteiger partial charge < -0.3 is 19.1 Å². The van der Waals surface area contributed by atoms with Gasteiger partial charge in [-0.05, 0) is 51.3 Å². The lowest BCUT2D eigenvalue weighted by atomic mass is 10.1. The summed E-state index contributed by atoms with van der Waals surface area (Å²) in [5.74, 6) is 0.445. The first-order chi connectivity index (χ1) is 11.5. The minimum Gasteiger partial charge on any atom is -0.493 e. The van der Waals surface area contributed by atoms with Gasteiger partial charge in [0.15, 0.2) is 11.5 Å². The van der Waals surface area contributed by atoms with E-state index in [4.69, 9.17) is 8.92 Å². The van der Waals surface area contributed by atoms with E-state index in [1.807, 2.05) is 20.8 Å².